The summed E-state index contributed by atoms with van der Waals surface area (Å²) in [5.41, 5.74) is 3.80. The van der Waals surface area contributed by atoms with E-state index in [-0.39, 0.29) is 10.3 Å². The molecule has 0 atom stereocenters. The van der Waals surface area contributed by atoms with Crippen LogP contribution < -0.4 is 5.43 Å². The van der Waals surface area contributed by atoms with Gasteiger partial charge in [-0.25, -0.2) is 9.97 Å². The van der Waals surface area contributed by atoms with E-state index in [1.54, 1.807) is 18.2 Å². The van der Waals surface area contributed by atoms with Crippen LogP contribution in [-0.2, 0) is 0 Å². The quantitative estimate of drug-likeness (QED) is 0.258. The number of anilines is 1. The van der Waals surface area contributed by atoms with Gasteiger partial charge in [0, 0.05) is 5.02 Å². The average Bonchev–Trinajstić information content (AvgIpc) is 2.43. The molecule has 2 rings (SSSR count). The predicted molar refractivity (Wildman–Crippen MR) is 91.5 cm³/mol. The van der Waals surface area contributed by atoms with Gasteiger partial charge in [-0.3, -0.25) is 5.43 Å². The summed E-state index contributed by atoms with van der Waals surface area (Å²) in [5.74, 6) is 0. The van der Waals surface area contributed by atoms with Crippen molar-refractivity contribution in [2.75, 3.05) is 11.7 Å². The Kier molecular flexibility index (Phi) is 5.96. The van der Waals surface area contributed by atoms with Gasteiger partial charge in [0.2, 0.25) is 0 Å². The summed E-state index contributed by atoms with van der Waals surface area (Å²) in [6.07, 6.45) is 3.26. The van der Waals surface area contributed by atoms with Crippen molar-refractivity contribution in [1.82, 2.24) is 9.97 Å². The van der Waals surface area contributed by atoms with Gasteiger partial charge in [0.15, 0.2) is 5.16 Å². The van der Waals surface area contributed by atoms with Crippen LogP contribution >= 0.6 is 58.2 Å². The lowest BCUT2D eigenvalue weighted by Gasteiger charge is -2.04. The fourth-order valence-corrected chi connectivity index (χ4v) is 2.74. The molecule has 0 amide bonds. The highest BCUT2D eigenvalue weighted by Gasteiger charge is 2.09. The van der Waals surface area contributed by atoms with Crippen molar-refractivity contribution >= 4 is 70.1 Å². The van der Waals surface area contributed by atoms with Crippen molar-refractivity contribution in [2.45, 2.75) is 5.16 Å². The molecule has 0 bridgehead atoms. The van der Waals surface area contributed by atoms with Gasteiger partial charge in [-0.15, -0.1) is 0 Å². The first-order valence-electron chi connectivity index (χ1n) is 5.52. The maximum Gasteiger partial charge on any atom is 0.190 e. The van der Waals surface area contributed by atoms with E-state index >= 15 is 0 Å². The first-order chi connectivity index (χ1) is 10.0. The monoisotopic (exact) mass is 380 g/mol. The number of nitrogens with zero attached hydrogens (tertiary/aromatic N) is 3. The van der Waals surface area contributed by atoms with Crippen LogP contribution in [0.2, 0.25) is 20.4 Å². The molecule has 21 heavy (non-hydrogen) atoms. The summed E-state index contributed by atoms with van der Waals surface area (Å²) in [5, 5.41) is 5.97. The van der Waals surface area contributed by atoms with Gasteiger partial charge in [-0.1, -0.05) is 58.2 Å². The Morgan fingerprint density at radius 2 is 1.81 bits per heavy atom. The van der Waals surface area contributed by atoms with Crippen molar-refractivity contribution in [3.05, 3.63) is 44.1 Å². The Hall–Kier alpha value is -0.720. The van der Waals surface area contributed by atoms with Crippen molar-refractivity contribution in [3.8, 4) is 0 Å². The Balaban J connectivity index is 2.18. The van der Waals surface area contributed by atoms with Crippen molar-refractivity contribution < 1.29 is 0 Å². The van der Waals surface area contributed by atoms with Gasteiger partial charge in [-0.2, -0.15) is 5.10 Å². The normalized spacial score (nSPS) is 11.1. The number of nitrogens with one attached hydrogen (secondary N) is 1. The lowest BCUT2D eigenvalue weighted by Crippen LogP contribution is -1.97. The van der Waals surface area contributed by atoms with Crippen molar-refractivity contribution in [3.63, 3.8) is 0 Å². The number of halogens is 4. The minimum Gasteiger partial charge on any atom is -0.277 e. The molecule has 1 heterocycles. The molecule has 0 aliphatic carbocycles. The van der Waals surface area contributed by atoms with E-state index in [2.05, 4.69) is 20.5 Å². The lowest BCUT2D eigenvalue weighted by atomic mass is 10.3. The second-order valence-electron chi connectivity index (χ2n) is 3.70. The van der Waals surface area contributed by atoms with E-state index in [1.165, 1.54) is 18.0 Å². The molecule has 0 unspecified atom stereocenters. The summed E-state index contributed by atoms with van der Waals surface area (Å²) in [4.78, 5) is 8.16. The Morgan fingerprint density at radius 1 is 1.14 bits per heavy atom. The highest BCUT2D eigenvalue weighted by molar-refractivity contribution is 7.98. The molecule has 0 aliphatic heterocycles. The Labute approximate surface area is 145 Å². The summed E-state index contributed by atoms with van der Waals surface area (Å²) in [7, 11) is 0. The molecule has 1 N–H and O–H groups in total. The largest absolute Gasteiger partial charge is 0.277 e. The minimum absolute atomic E-state index is 0.229. The van der Waals surface area contributed by atoms with E-state index in [0.717, 1.165) is 0 Å². The van der Waals surface area contributed by atoms with E-state index in [1.807, 2.05) is 6.26 Å². The van der Waals surface area contributed by atoms with Crippen LogP contribution in [0.4, 0.5) is 5.69 Å². The first-order valence-corrected chi connectivity index (χ1v) is 8.26. The molecule has 0 radical (unpaired) electrons. The zero-order valence-corrected chi connectivity index (χ0v) is 14.4. The van der Waals surface area contributed by atoms with E-state index in [4.69, 9.17) is 46.4 Å². The van der Waals surface area contributed by atoms with Gasteiger partial charge in [-0.05, 0) is 24.5 Å². The van der Waals surface area contributed by atoms with Crippen LogP contribution in [0.5, 0.6) is 0 Å². The summed E-state index contributed by atoms with van der Waals surface area (Å²) in [6, 6.07) is 5.01. The van der Waals surface area contributed by atoms with E-state index in [9.17, 15) is 0 Å². The molecule has 0 saturated heterocycles. The molecular formula is C12H8Cl4N4S. The number of aromatic nitrogens is 2. The number of benzene rings is 1. The molecule has 0 spiro atoms. The van der Waals surface area contributed by atoms with Crippen LogP contribution in [0.15, 0.2) is 28.5 Å². The molecule has 0 aliphatic rings. The molecule has 9 heteroatoms. The lowest BCUT2D eigenvalue weighted by molar-refractivity contribution is 0.968. The number of hydrogen-bond acceptors (Lipinski definition) is 5. The average molecular weight is 382 g/mol. The topological polar surface area (TPSA) is 50.2 Å². The molecule has 1 aromatic carbocycles. The third-order valence-electron chi connectivity index (χ3n) is 2.32. The second-order valence-corrected chi connectivity index (χ2v) is 6.03. The van der Waals surface area contributed by atoms with Crippen LogP contribution in [0, 0.1) is 0 Å². The van der Waals surface area contributed by atoms with Crippen LogP contribution in [0.1, 0.15) is 5.56 Å². The first kappa shape index (κ1) is 16.6. The van der Waals surface area contributed by atoms with Crippen LogP contribution in [0.25, 0.3) is 0 Å². The zero-order valence-electron chi connectivity index (χ0n) is 10.6. The van der Waals surface area contributed by atoms with Gasteiger partial charge in [0.05, 0.1) is 22.5 Å². The molecule has 4 nitrogen and oxygen atoms in total. The number of hydrazone groups is 1. The fraction of sp³-hybridized carbons (Fsp3) is 0.0833. The minimum atomic E-state index is 0.229. The van der Waals surface area contributed by atoms with Gasteiger partial charge in [0.25, 0.3) is 0 Å². The van der Waals surface area contributed by atoms with Crippen molar-refractivity contribution in [1.29, 1.82) is 0 Å². The van der Waals surface area contributed by atoms with Gasteiger partial charge in [0.1, 0.15) is 10.3 Å². The second kappa shape index (κ2) is 7.51. The maximum atomic E-state index is 6.04. The number of rotatable bonds is 4. The van der Waals surface area contributed by atoms with Gasteiger partial charge < -0.3 is 0 Å². The highest BCUT2D eigenvalue weighted by atomic mass is 35.5. The number of thioether (sulfide) groups is 1. The molecule has 1 aromatic heterocycles. The highest BCUT2D eigenvalue weighted by Crippen LogP contribution is 2.26. The molecular weight excluding hydrogens is 374 g/mol. The summed E-state index contributed by atoms with van der Waals surface area (Å²) >= 11 is 25.2. The molecule has 110 valence electrons. The van der Waals surface area contributed by atoms with E-state index < -0.39 is 0 Å². The fourth-order valence-electron chi connectivity index (χ4n) is 1.34. The molecule has 0 saturated carbocycles. The number of hydrogen-bond donors (Lipinski definition) is 1. The third kappa shape index (κ3) is 4.37. The summed E-state index contributed by atoms with van der Waals surface area (Å²) in [6.45, 7) is 0. The molecule has 0 fully saturated rings. The smallest absolute Gasteiger partial charge is 0.190 e. The zero-order chi connectivity index (χ0) is 15.4. The predicted octanol–water partition coefficient (Wildman–Crippen LogP) is 5.26. The van der Waals surface area contributed by atoms with Crippen molar-refractivity contribution in [2.24, 2.45) is 5.10 Å². The standard InChI is InChI=1S/C12H8Cl4N4S/c1-21-12-18-10(15)7(11(16)19-12)5-17-20-9-3-2-6(13)4-8(9)14/h2-5,20H,1H3/b17-5+. The molecule has 2 aromatic rings. The Bertz CT molecular complexity index is 670. The van der Waals surface area contributed by atoms with E-state index in [0.29, 0.717) is 26.5 Å². The van der Waals surface area contributed by atoms with Gasteiger partial charge >= 0.3 is 0 Å². The SMILES string of the molecule is CSc1nc(Cl)c(/C=N/Nc2ccc(Cl)cc2Cl)c(Cl)n1. The Morgan fingerprint density at radius 3 is 2.38 bits per heavy atom. The van der Waals surface area contributed by atoms with Crippen LogP contribution in [-0.4, -0.2) is 22.4 Å². The third-order valence-corrected chi connectivity index (χ3v) is 4.00. The van der Waals surface area contributed by atoms with Crippen LogP contribution in [0.3, 0.4) is 0 Å². The summed E-state index contributed by atoms with van der Waals surface area (Å²) < 4.78 is 0. The maximum absolute atomic E-state index is 6.04.